The van der Waals surface area contributed by atoms with Gasteiger partial charge >= 0.3 is 10.9 Å². The summed E-state index contributed by atoms with van der Waals surface area (Å²) in [4.78, 5) is 24.1. The van der Waals surface area contributed by atoms with Gasteiger partial charge in [-0.15, -0.1) is 11.3 Å². The SMILES string of the molecule is COc1ccc(-c2cc(OC(=O)c3cccs3)cc3sc(=O)oc23)cc1. The van der Waals surface area contributed by atoms with Crippen LogP contribution in [0.15, 0.2) is 63.1 Å². The number of benzene rings is 2. The molecule has 5 nitrogen and oxygen atoms in total. The van der Waals surface area contributed by atoms with Gasteiger partial charge in [0.2, 0.25) is 0 Å². The lowest BCUT2D eigenvalue weighted by Gasteiger charge is -2.08. The van der Waals surface area contributed by atoms with Crippen molar-refractivity contribution in [2.75, 3.05) is 7.11 Å². The topological polar surface area (TPSA) is 65.7 Å². The molecule has 0 aliphatic rings. The van der Waals surface area contributed by atoms with Gasteiger partial charge < -0.3 is 13.9 Å². The van der Waals surface area contributed by atoms with E-state index >= 15 is 0 Å². The molecular weight excluding hydrogens is 372 g/mol. The third-order valence-corrected chi connectivity index (χ3v) is 5.36. The van der Waals surface area contributed by atoms with E-state index in [4.69, 9.17) is 13.9 Å². The Morgan fingerprint density at radius 1 is 1.08 bits per heavy atom. The lowest BCUT2D eigenvalue weighted by atomic mass is 10.0. The lowest BCUT2D eigenvalue weighted by Crippen LogP contribution is -2.06. The second-order valence-corrected chi connectivity index (χ2v) is 7.27. The summed E-state index contributed by atoms with van der Waals surface area (Å²) in [5.41, 5.74) is 1.98. The van der Waals surface area contributed by atoms with Crippen LogP contribution in [0.25, 0.3) is 21.4 Å². The van der Waals surface area contributed by atoms with E-state index in [0.717, 1.165) is 22.6 Å². The van der Waals surface area contributed by atoms with Gasteiger partial charge in [-0.25, -0.2) is 9.59 Å². The molecule has 0 unspecified atom stereocenters. The van der Waals surface area contributed by atoms with Gasteiger partial charge in [0.1, 0.15) is 16.4 Å². The summed E-state index contributed by atoms with van der Waals surface area (Å²) in [6.45, 7) is 0. The Morgan fingerprint density at radius 3 is 2.58 bits per heavy atom. The number of esters is 1. The summed E-state index contributed by atoms with van der Waals surface area (Å²) in [7, 11) is 1.59. The molecule has 0 aliphatic carbocycles. The quantitative estimate of drug-likeness (QED) is 0.373. The van der Waals surface area contributed by atoms with E-state index in [2.05, 4.69) is 0 Å². The Hall–Kier alpha value is -2.90. The molecule has 130 valence electrons. The Kier molecular flexibility index (Phi) is 4.32. The van der Waals surface area contributed by atoms with Crippen molar-refractivity contribution in [1.82, 2.24) is 0 Å². The molecule has 2 aromatic carbocycles. The van der Waals surface area contributed by atoms with Crippen LogP contribution >= 0.6 is 22.7 Å². The Labute approximate surface area is 156 Å². The molecule has 0 amide bonds. The summed E-state index contributed by atoms with van der Waals surface area (Å²) in [5.74, 6) is 0.645. The molecule has 0 aliphatic heterocycles. The van der Waals surface area contributed by atoms with Crippen LogP contribution in [0.5, 0.6) is 11.5 Å². The van der Waals surface area contributed by atoms with E-state index in [-0.39, 0.29) is 0 Å². The summed E-state index contributed by atoms with van der Waals surface area (Å²) >= 11 is 2.28. The van der Waals surface area contributed by atoms with Crippen LogP contribution < -0.4 is 14.4 Å². The molecule has 0 spiro atoms. The van der Waals surface area contributed by atoms with E-state index in [1.165, 1.54) is 11.3 Å². The Bertz CT molecular complexity index is 1120. The van der Waals surface area contributed by atoms with Gasteiger partial charge in [-0.2, -0.15) is 0 Å². The number of ether oxygens (including phenoxy) is 2. The second kappa shape index (κ2) is 6.78. The van der Waals surface area contributed by atoms with Crippen LogP contribution in [-0.4, -0.2) is 13.1 Å². The van der Waals surface area contributed by atoms with Crippen LogP contribution in [0.4, 0.5) is 0 Å². The maximum atomic E-state index is 12.2. The van der Waals surface area contributed by atoms with Crippen molar-refractivity contribution < 1.29 is 18.7 Å². The summed E-state index contributed by atoms with van der Waals surface area (Å²) < 4.78 is 16.6. The zero-order valence-electron chi connectivity index (χ0n) is 13.6. The predicted molar refractivity (Wildman–Crippen MR) is 102 cm³/mol. The molecule has 2 aromatic heterocycles. The molecule has 0 saturated carbocycles. The van der Waals surface area contributed by atoms with E-state index in [0.29, 0.717) is 26.5 Å². The van der Waals surface area contributed by atoms with E-state index in [1.54, 1.807) is 31.4 Å². The number of rotatable bonds is 4. The van der Waals surface area contributed by atoms with Crippen LogP contribution in [-0.2, 0) is 0 Å². The van der Waals surface area contributed by atoms with E-state index in [9.17, 15) is 9.59 Å². The number of hydrogen-bond acceptors (Lipinski definition) is 7. The van der Waals surface area contributed by atoms with Crippen molar-refractivity contribution in [1.29, 1.82) is 0 Å². The van der Waals surface area contributed by atoms with Crippen molar-refractivity contribution in [3.63, 3.8) is 0 Å². The fraction of sp³-hybridized carbons (Fsp3) is 0.0526. The first kappa shape index (κ1) is 16.6. The molecule has 7 heteroatoms. The van der Waals surface area contributed by atoms with Gasteiger partial charge in [-0.05, 0) is 35.2 Å². The summed E-state index contributed by atoms with van der Waals surface area (Å²) in [5, 5.41) is 1.81. The average Bonchev–Trinajstić information content (AvgIpc) is 3.30. The zero-order valence-corrected chi connectivity index (χ0v) is 15.2. The summed E-state index contributed by atoms with van der Waals surface area (Å²) in [6.07, 6.45) is 0. The van der Waals surface area contributed by atoms with Crippen molar-refractivity contribution in [3.05, 3.63) is 68.5 Å². The minimum atomic E-state index is -0.434. The maximum Gasteiger partial charge on any atom is 0.396 e. The number of fused-ring (bicyclic) bond motifs is 1. The van der Waals surface area contributed by atoms with Crippen molar-refractivity contribution >= 4 is 38.9 Å². The van der Waals surface area contributed by atoms with Gasteiger partial charge in [0.25, 0.3) is 0 Å². The number of methoxy groups -OCH3 is 1. The fourth-order valence-electron chi connectivity index (χ4n) is 2.55. The highest BCUT2D eigenvalue weighted by Gasteiger charge is 2.16. The van der Waals surface area contributed by atoms with Crippen molar-refractivity contribution in [2.24, 2.45) is 0 Å². The molecule has 0 fully saturated rings. The monoisotopic (exact) mass is 384 g/mol. The predicted octanol–water partition coefficient (Wildman–Crippen LogP) is 4.81. The first-order chi connectivity index (χ1) is 12.6. The molecule has 4 rings (SSSR count). The fourth-order valence-corrected chi connectivity index (χ4v) is 3.87. The van der Waals surface area contributed by atoms with Gasteiger partial charge in [0.05, 0.1) is 11.8 Å². The van der Waals surface area contributed by atoms with Crippen LogP contribution in [0.1, 0.15) is 9.67 Å². The van der Waals surface area contributed by atoms with Gasteiger partial charge in [-0.3, -0.25) is 0 Å². The molecule has 0 atom stereocenters. The van der Waals surface area contributed by atoms with E-state index < -0.39 is 10.9 Å². The minimum Gasteiger partial charge on any atom is -0.497 e. The molecule has 4 aromatic rings. The summed E-state index contributed by atoms with van der Waals surface area (Å²) in [6, 6.07) is 14.2. The molecule has 0 N–H and O–H groups in total. The number of carbonyl (C=O) groups excluding carboxylic acids is 1. The minimum absolute atomic E-state index is 0.360. The van der Waals surface area contributed by atoms with Crippen molar-refractivity contribution in [2.45, 2.75) is 0 Å². The number of thiophene rings is 1. The molecular formula is C19H12O5S2. The highest BCUT2D eigenvalue weighted by Crippen LogP contribution is 2.35. The first-order valence-electron chi connectivity index (χ1n) is 7.62. The molecule has 2 heterocycles. The van der Waals surface area contributed by atoms with Gasteiger partial charge in [-0.1, -0.05) is 29.5 Å². The third kappa shape index (κ3) is 3.14. The molecule has 0 saturated heterocycles. The maximum absolute atomic E-state index is 12.2. The second-order valence-electron chi connectivity index (χ2n) is 5.35. The van der Waals surface area contributed by atoms with Gasteiger partial charge in [0, 0.05) is 11.6 Å². The number of carbonyl (C=O) groups is 1. The standard InChI is InChI=1S/C19H12O5S2/c1-22-12-6-4-11(5-7-12)14-9-13(10-16-17(14)24-19(21)26-16)23-18(20)15-3-2-8-25-15/h2-10H,1H3. The van der Waals surface area contributed by atoms with Crippen LogP contribution in [0.3, 0.4) is 0 Å². The normalized spacial score (nSPS) is 10.8. The zero-order chi connectivity index (χ0) is 18.1. The lowest BCUT2D eigenvalue weighted by molar-refractivity contribution is 0.0740. The molecule has 26 heavy (non-hydrogen) atoms. The highest BCUT2D eigenvalue weighted by molar-refractivity contribution is 7.16. The van der Waals surface area contributed by atoms with E-state index in [1.807, 2.05) is 29.6 Å². The first-order valence-corrected chi connectivity index (χ1v) is 9.31. The Balaban J connectivity index is 1.80. The molecule has 0 radical (unpaired) electrons. The largest absolute Gasteiger partial charge is 0.497 e. The van der Waals surface area contributed by atoms with Crippen LogP contribution in [0, 0.1) is 0 Å². The van der Waals surface area contributed by atoms with Crippen molar-refractivity contribution in [3.8, 4) is 22.6 Å². The highest BCUT2D eigenvalue weighted by atomic mass is 32.1. The Morgan fingerprint density at radius 2 is 1.88 bits per heavy atom. The third-order valence-electron chi connectivity index (χ3n) is 3.74. The molecule has 0 bridgehead atoms. The van der Waals surface area contributed by atoms with Gasteiger partial charge in [0.15, 0.2) is 5.58 Å². The average molecular weight is 384 g/mol. The number of hydrogen-bond donors (Lipinski definition) is 0. The van der Waals surface area contributed by atoms with Crippen LogP contribution in [0.2, 0.25) is 0 Å². The smallest absolute Gasteiger partial charge is 0.396 e.